The molecule has 1 aromatic heterocycles. The van der Waals surface area contributed by atoms with Gasteiger partial charge < -0.3 is 10.1 Å². The van der Waals surface area contributed by atoms with Crippen LogP contribution in [0.4, 0.5) is 0 Å². The van der Waals surface area contributed by atoms with Crippen molar-refractivity contribution in [1.82, 2.24) is 25.5 Å². The summed E-state index contributed by atoms with van der Waals surface area (Å²) in [5, 5.41) is 14.1. The molecule has 2 aromatic carbocycles. The van der Waals surface area contributed by atoms with Crippen LogP contribution in [0.3, 0.4) is 0 Å². The minimum atomic E-state index is -1.03. The first kappa shape index (κ1) is 18.8. The van der Waals surface area contributed by atoms with E-state index in [9.17, 15) is 9.59 Å². The highest BCUT2D eigenvalue weighted by molar-refractivity contribution is 5.86. The third-order valence-electron chi connectivity index (χ3n) is 4.73. The van der Waals surface area contributed by atoms with Gasteiger partial charge in [-0.1, -0.05) is 60.7 Å². The van der Waals surface area contributed by atoms with E-state index in [-0.39, 0.29) is 11.9 Å². The van der Waals surface area contributed by atoms with Crippen molar-refractivity contribution >= 4 is 11.9 Å². The van der Waals surface area contributed by atoms with Crippen molar-refractivity contribution in [2.75, 3.05) is 0 Å². The number of amides is 1. The van der Waals surface area contributed by atoms with Gasteiger partial charge in [0, 0.05) is 18.0 Å². The standard InChI is InChI=1S/C21H21N5O3/c27-20(23-17-11-12-17)19(16-9-5-2-6-10-16)29-21(28)18(26-14-22-24-25-26)13-15-7-3-1-4-8-15/h1-10,14,17-19H,11-13H2,(H,23,27)/t18-,19-/m0/s1. The Morgan fingerprint density at radius 1 is 1.07 bits per heavy atom. The van der Waals surface area contributed by atoms with E-state index in [1.54, 1.807) is 12.1 Å². The van der Waals surface area contributed by atoms with E-state index in [0.29, 0.717) is 12.0 Å². The molecule has 1 aliphatic carbocycles. The Morgan fingerprint density at radius 2 is 1.76 bits per heavy atom. The number of carbonyl (C=O) groups excluding carboxylic acids is 2. The minimum absolute atomic E-state index is 0.159. The van der Waals surface area contributed by atoms with Crippen LogP contribution in [0, 0.1) is 0 Å². The molecular weight excluding hydrogens is 370 g/mol. The molecule has 2 atom stereocenters. The van der Waals surface area contributed by atoms with E-state index < -0.39 is 18.1 Å². The number of ether oxygens (including phenoxy) is 1. The van der Waals surface area contributed by atoms with Gasteiger partial charge in [0.05, 0.1) is 0 Å². The number of hydrogen-bond acceptors (Lipinski definition) is 6. The third kappa shape index (κ3) is 4.84. The molecule has 0 radical (unpaired) electrons. The number of tetrazole rings is 1. The summed E-state index contributed by atoms with van der Waals surface area (Å²) < 4.78 is 7.08. The molecule has 0 spiro atoms. The SMILES string of the molecule is O=C(NC1CC1)[C@@H](OC(=O)[C@H](Cc1ccccc1)n1cnnn1)c1ccccc1. The predicted molar refractivity (Wildman–Crippen MR) is 103 cm³/mol. The first-order valence-corrected chi connectivity index (χ1v) is 9.53. The Labute approximate surface area is 167 Å². The quantitative estimate of drug-likeness (QED) is 0.590. The fourth-order valence-electron chi connectivity index (χ4n) is 3.03. The molecule has 1 N–H and O–H groups in total. The average Bonchev–Trinajstić information content (AvgIpc) is 3.40. The maximum atomic E-state index is 13.1. The summed E-state index contributed by atoms with van der Waals surface area (Å²) in [5.74, 6) is -0.886. The molecule has 8 heteroatoms. The zero-order chi connectivity index (χ0) is 20.1. The number of benzene rings is 2. The fourth-order valence-corrected chi connectivity index (χ4v) is 3.03. The molecule has 0 unspecified atom stereocenters. The van der Waals surface area contributed by atoms with E-state index in [1.165, 1.54) is 11.0 Å². The second kappa shape index (κ2) is 8.64. The first-order chi connectivity index (χ1) is 14.2. The number of carbonyl (C=O) groups is 2. The minimum Gasteiger partial charge on any atom is -0.446 e. The zero-order valence-corrected chi connectivity index (χ0v) is 15.7. The Balaban J connectivity index is 1.57. The van der Waals surface area contributed by atoms with E-state index in [4.69, 9.17) is 4.74 Å². The maximum absolute atomic E-state index is 13.1. The Kier molecular flexibility index (Phi) is 5.60. The first-order valence-electron chi connectivity index (χ1n) is 9.53. The van der Waals surface area contributed by atoms with Crippen LogP contribution >= 0.6 is 0 Å². The molecule has 1 aliphatic rings. The van der Waals surface area contributed by atoms with Gasteiger partial charge in [-0.25, -0.2) is 9.48 Å². The summed E-state index contributed by atoms with van der Waals surface area (Å²) in [6.45, 7) is 0. The number of nitrogens with one attached hydrogen (secondary N) is 1. The molecular formula is C21H21N5O3. The number of esters is 1. The third-order valence-corrected chi connectivity index (χ3v) is 4.73. The number of aromatic nitrogens is 4. The Hall–Kier alpha value is -3.55. The summed E-state index contributed by atoms with van der Waals surface area (Å²) >= 11 is 0. The smallest absolute Gasteiger partial charge is 0.332 e. The molecule has 8 nitrogen and oxygen atoms in total. The normalized spacial score (nSPS) is 15.3. The molecule has 0 aliphatic heterocycles. The molecule has 1 amide bonds. The van der Waals surface area contributed by atoms with Gasteiger partial charge in [-0.15, -0.1) is 5.10 Å². The summed E-state index contributed by atoms with van der Waals surface area (Å²) in [6.07, 6.45) is 2.58. The fraction of sp³-hybridized carbons (Fsp3) is 0.286. The molecule has 0 bridgehead atoms. The van der Waals surface area contributed by atoms with Crippen LogP contribution in [0.25, 0.3) is 0 Å². The van der Waals surface area contributed by atoms with Crippen molar-refractivity contribution in [3.63, 3.8) is 0 Å². The summed E-state index contributed by atoms with van der Waals surface area (Å²) in [6, 6.07) is 17.9. The number of rotatable bonds is 8. The largest absolute Gasteiger partial charge is 0.446 e. The Morgan fingerprint density at radius 3 is 2.38 bits per heavy atom. The van der Waals surface area contributed by atoms with E-state index in [2.05, 4.69) is 20.8 Å². The maximum Gasteiger partial charge on any atom is 0.332 e. The van der Waals surface area contributed by atoms with Crippen molar-refractivity contribution in [3.8, 4) is 0 Å². The van der Waals surface area contributed by atoms with Gasteiger partial charge in [-0.3, -0.25) is 4.79 Å². The van der Waals surface area contributed by atoms with Crippen LogP contribution in [0.2, 0.25) is 0 Å². The lowest BCUT2D eigenvalue weighted by Crippen LogP contribution is -2.35. The highest BCUT2D eigenvalue weighted by atomic mass is 16.5. The van der Waals surface area contributed by atoms with Gasteiger partial charge in [0.15, 0.2) is 6.04 Å². The van der Waals surface area contributed by atoms with Gasteiger partial charge in [-0.05, 0) is 28.8 Å². The zero-order valence-electron chi connectivity index (χ0n) is 15.7. The van der Waals surface area contributed by atoms with Gasteiger partial charge in [0.2, 0.25) is 6.10 Å². The lowest BCUT2D eigenvalue weighted by Gasteiger charge is -2.21. The van der Waals surface area contributed by atoms with E-state index >= 15 is 0 Å². The molecule has 1 fully saturated rings. The van der Waals surface area contributed by atoms with Crippen molar-refractivity contribution in [2.45, 2.75) is 37.5 Å². The Bertz CT molecular complexity index is 943. The highest BCUT2D eigenvalue weighted by Gasteiger charge is 2.33. The molecule has 0 saturated heterocycles. The van der Waals surface area contributed by atoms with E-state index in [1.807, 2.05) is 48.5 Å². The topological polar surface area (TPSA) is 99.0 Å². The van der Waals surface area contributed by atoms with Crippen molar-refractivity contribution < 1.29 is 14.3 Å². The highest BCUT2D eigenvalue weighted by Crippen LogP contribution is 2.25. The lowest BCUT2D eigenvalue weighted by molar-refractivity contribution is -0.160. The van der Waals surface area contributed by atoms with Gasteiger partial charge >= 0.3 is 5.97 Å². The van der Waals surface area contributed by atoms with Crippen LogP contribution in [0.15, 0.2) is 67.0 Å². The van der Waals surface area contributed by atoms with Crippen molar-refractivity contribution in [3.05, 3.63) is 78.1 Å². The molecule has 4 rings (SSSR count). The van der Waals surface area contributed by atoms with Crippen molar-refractivity contribution in [2.24, 2.45) is 0 Å². The average molecular weight is 391 g/mol. The number of hydrogen-bond donors (Lipinski definition) is 1. The second-order valence-corrected chi connectivity index (χ2v) is 7.01. The van der Waals surface area contributed by atoms with Gasteiger partial charge in [0.25, 0.3) is 5.91 Å². The summed E-state index contributed by atoms with van der Waals surface area (Å²) in [4.78, 5) is 25.9. The van der Waals surface area contributed by atoms with Gasteiger partial charge in [0.1, 0.15) is 6.33 Å². The summed E-state index contributed by atoms with van der Waals surface area (Å²) in [7, 11) is 0. The monoisotopic (exact) mass is 391 g/mol. The van der Waals surface area contributed by atoms with Gasteiger partial charge in [-0.2, -0.15) is 0 Å². The number of nitrogens with zero attached hydrogens (tertiary/aromatic N) is 4. The molecule has 1 saturated carbocycles. The molecule has 29 heavy (non-hydrogen) atoms. The second-order valence-electron chi connectivity index (χ2n) is 7.01. The molecule has 1 heterocycles. The van der Waals surface area contributed by atoms with Crippen LogP contribution in [0.5, 0.6) is 0 Å². The van der Waals surface area contributed by atoms with E-state index in [0.717, 1.165) is 18.4 Å². The summed E-state index contributed by atoms with van der Waals surface area (Å²) in [5.41, 5.74) is 1.55. The predicted octanol–water partition coefficient (Wildman–Crippen LogP) is 2.02. The van der Waals surface area contributed by atoms with Crippen LogP contribution < -0.4 is 5.32 Å². The lowest BCUT2D eigenvalue weighted by atomic mass is 10.1. The van der Waals surface area contributed by atoms with Crippen molar-refractivity contribution in [1.29, 1.82) is 0 Å². The van der Waals surface area contributed by atoms with Crippen LogP contribution in [0.1, 0.15) is 36.1 Å². The van der Waals surface area contributed by atoms with Crippen LogP contribution in [-0.4, -0.2) is 38.1 Å². The molecule has 3 aromatic rings. The molecule has 148 valence electrons. The van der Waals surface area contributed by atoms with Crippen LogP contribution in [-0.2, 0) is 20.7 Å².